The van der Waals surface area contributed by atoms with Crippen LogP contribution in [0.5, 0.6) is 0 Å². The van der Waals surface area contributed by atoms with Crippen molar-refractivity contribution >= 4 is 0 Å². The fourth-order valence-electron chi connectivity index (χ4n) is 2.71. The van der Waals surface area contributed by atoms with Crippen molar-refractivity contribution in [2.45, 2.75) is 25.3 Å². The molecule has 18 heavy (non-hydrogen) atoms. The third-order valence-electron chi connectivity index (χ3n) is 3.68. The monoisotopic (exact) mass is 238 g/mol. The number of aromatic nitrogens is 1. The lowest BCUT2D eigenvalue weighted by atomic mass is 9.87. The van der Waals surface area contributed by atoms with Crippen molar-refractivity contribution in [2.24, 2.45) is 0 Å². The molecule has 2 aromatic rings. The van der Waals surface area contributed by atoms with Crippen LogP contribution in [-0.2, 0) is 13.0 Å². The maximum atomic E-state index is 4.40. The number of hydrogen-bond donors (Lipinski definition) is 1. The molecule has 1 aromatic heterocycles. The maximum absolute atomic E-state index is 4.40. The van der Waals surface area contributed by atoms with Gasteiger partial charge in [0.1, 0.15) is 0 Å². The van der Waals surface area contributed by atoms with Crippen LogP contribution in [0.2, 0.25) is 0 Å². The van der Waals surface area contributed by atoms with Gasteiger partial charge in [0.2, 0.25) is 0 Å². The van der Waals surface area contributed by atoms with Crippen molar-refractivity contribution in [3.63, 3.8) is 0 Å². The van der Waals surface area contributed by atoms with Gasteiger partial charge in [-0.1, -0.05) is 30.3 Å². The van der Waals surface area contributed by atoms with E-state index in [1.807, 2.05) is 12.3 Å². The van der Waals surface area contributed by atoms with Crippen LogP contribution < -0.4 is 5.32 Å². The van der Waals surface area contributed by atoms with E-state index in [1.165, 1.54) is 23.2 Å². The van der Waals surface area contributed by atoms with Gasteiger partial charge in [0, 0.05) is 25.0 Å². The van der Waals surface area contributed by atoms with Gasteiger partial charge >= 0.3 is 0 Å². The smallest absolute Gasteiger partial charge is 0.0403 e. The van der Waals surface area contributed by atoms with Crippen molar-refractivity contribution in [1.82, 2.24) is 10.3 Å². The summed E-state index contributed by atoms with van der Waals surface area (Å²) in [6.45, 7) is 2.10. The minimum absolute atomic E-state index is 0.622. The van der Waals surface area contributed by atoms with Crippen LogP contribution in [0.25, 0.3) is 0 Å². The Labute approximate surface area is 108 Å². The first-order chi connectivity index (χ1) is 8.93. The van der Waals surface area contributed by atoms with Crippen molar-refractivity contribution in [3.8, 4) is 0 Å². The SMILES string of the molecule is c1ccc(CCC2CNCc3ccccc32)nc1. The third-order valence-corrected chi connectivity index (χ3v) is 3.68. The molecule has 92 valence electrons. The Morgan fingerprint density at radius 3 is 2.89 bits per heavy atom. The van der Waals surface area contributed by atoms with E-state index < -0.39 is 0 Å². The molecule has 1 aliphatic rings. The second-order valence-electron chi connectivity index (χ2n) is 4.89. The fourth-order valence-corrected chi connectivity index (χ4v) is 2.71. The molecule has 2 heterocycles. The molecular formula is C16H18N2. The molecule has 2 heteroatoms. The second kappa shape index (κ2) is 5.32. The highest BCUT2D eigenvalue weighted by atomic mass is 14.9. The van der Waals surface area contributed by atoms with Gasteiger partial charge < -0.3 is 5.32 Å². The van der Waals surface area contributed by atoms with Crippen LogP contribution in [0, 0.1) is 0 Å². The Morgan fingerprint density at radius 2 is 2.00 bits per heavy atom. The number of rotatable bonds is 3. The van der Waals surface area contributed by atoms with Gasteiger partial charge in [-0.25, -0.2) is 0 Å². The first kappa shape index (κ1) is 11.4. The van der Waals surface area contributed by atoms with Crippen molar-refractivity contribution in [3.05, 3.63) is 65.5 Å². The van der Waals surface area contributed by atoms with Crippen LogP contribution in [0.1, 0.15) is 29.2 Å². The lowest BCUT2D eigenvalue weighted by Crippen LogP contribution is -2.28. The summed E-state index contributed by atoms with van der Waals surface area (Å²) in [5.41, 5.74) is 4.17. The zero-order valence-electron chi connectivity index (χ0n) is 10.5. The summed E-state index contributed by atoms with van der Waals surface area (Å²) in [6.07, 6.45) is 4.10. The average Bonchev–Trinajstić information content (AvgIpc) is 2.46. The number of fused-ring (bicyclic) bond motifs is 1. The van der Waals surface area contributed by atoms with Gasteiger partial charge in [0.15, 0.2) is 0 Å². The first-order valence-electron chi connectivity index (χ1n) is 6.62. The molecule has 1 atom stereocenters. The van der Waals surface area contributed by atoms with E-state index in [-0.39, 0.29) is 0 Å². The van der Waals surface area contributed by atoms with Gasteiger partial charge in [-0.15, -0.1) is 0 Å². The van der Waals surface area contributed by atoms with Gasteiger partial charge in [-0.05, 0) is 42.0 Å². The Morgan fingerprint density at radius 1 is 1.11 bits per heavy atom. The zero-order chi connectivity index (χ0) is 12.2. The molecule has 1 aromatic carbocycles. The quantitative estimate of drug-likeness (QED) is 0.889. The maximum Gasteiger partial charge on any atom is 0.0403 e. The predicted molar refractivity (Wildman–Crippen MR) is 73.4 cm³/mol. The Kier molecular flexibility index (Phi) is 3.37. The van der Waals surface area contributed by atoms with Gasteiger partial charge in [0.05, 0.1) is 0 Å². The normalized spacial score (nSPS) is 18.3. The van der Waals surface area contributed by atoms with Crippen LogP contribution in [0.15, 0.2) is 48.7 Å². The highest BCUT2D eigenvalue weighted by Gasteiger charge is 2.18. The van der Waals surface area contributed by atoms with Crippen molar-refractivity contribution in [2.75, 3.05) is 6.54 Å². The first-order valence-corrected chi connectivity index (χ1v) is 6.62. The number of hydrogen-bond acceptors (Lipinski definition) is 2. The summed E-state index contributed by atoms with van der Waals surface area (Å²) in [7, 11) is 0. The summed E-state index contributed by atoms with van der Waals surface area (Å²) in [5.74, 6) is 0.622. The molecule has 0 aliphatic carbocycles. The van der Waals surface area contributed by atoms with Gasteiger partial charge in [-0.2, -0.15) is 0 Å². The van der Waals surface area contributed by atoms with Crippen LogP contribution in [0.4, 0.5) is 0 Å². The Bertz CT molecular complexity index is 508. The molecule has 0 fully saturated rings. The minimum Gasteiger partial charge on any atom is -0.312 e. The molecule has 1 unspecified atom stereocenters. The minimum atomic E-state index is 0.622. The summed E-state index contributed by atoms with van der Waals surface area (Å²) in [4.78, 5) is 4.40. The molecule has 0 saturated heterocycles. The number of benzene rings is 1. The number of aryl methyl sites for hydroxylation is 1. The standard InChI is InChI=1S/C16H18N2/c1-2-7-16-13(5-1)11-17-12-14(16)8-9-15-6-3-4-10-18-15/h1-7,10,14,17H,8-9,11-12H2. The van der Waals surface area contributed by atoms with E-state index in [0.717, 1.165) is 19.5 Å². The van der Waals surface area contributed by atoms with Crippen LogP contribution >= 0.6 is 0 Å². The van der Waals surface area contributed by atoms with Crippen LogP contribution in [-0.4, -0.2) is 11.5 Å². The van der Waals surface area contributed by atoms with E-state index >= 15 is 0 Å². The van der Waals surface area contributed by atoms with Crippen LogP contribution in [0.3, 0.4) is 0 Å². The molecule has 0 amide bonds. The predicted octanol–water partition coefficient (Wildman–Crippen LogP) is 2.90. The summed E-state index contributed by atoms with van der Waals surface area (Å²) < 4.78 is 0. The van der Waals surface area contributed by atoms with E-state index in [4.69, 9.17) is 0 Å². The highest BCUT2D eigenvalue weighted by Crippen LogP contribution is 2.27. The molecule has 1 N–H and O–H groups in total. The van der Waals surface area contributed by atoms with Gasteiger partial charge in [-0.3, -0.25) is 4.98 Å². The molecule has 0 bridgehead atoms. The molecule has 0 saturated carbocycles. The van der Waals surface area contributed by atoms with Crippen molar-refractivity contribution in [1.29, 1.82) is 0 Å². The van der Waals surface area contributed by atoms with E-state index in [2.05, 4.69) is 46.7 Å². The topological polar surface area (TPSA) is 24.9 Å². The van der Waals surface area contributed by atoms with E-state index in [0.29, 0.717) is 5.92 Å². The number of pyridine rings is 1. The van der Waals surface area contributed by atoms with Crippen molar-refractivity contribution < 1.29 is 0 Å². The fraction of sp³-hybridized carbons (Fsp3) is 0.312. The molecule has 3 rings (SSSR count). The lowest BCUT2D eigenvalue weighted by molar-refractivity contribution is 0.512. The second-order valence-corrected chi connectivity index (χ2v) is 4.89. The Hall–Kier alpha value is -1.67. The molecule has 2 nitrogen and oxygen atoms in total. The molecule has 0 radical (unpaired) electrons. The van der Waals surface area contributed by atoms with E-state index in [9.17, 15) is 0 Å². The molecule has 1 aliphatic heterocycles. The zero-order valence-corrected chi connectivity index (χ0v) is 10.5. The number of nitrogens with zero attached hydrogens (tertiary/aromatic N) is 1. The molecule has 0 spiro atoms. The molecular weight excluding hydrogens is 220 g/mol. The third kappa shape index (κ3) is 2.44. The summed E-state index contributed by atoms with van der Waals surface area (Å²) >= 11 is 0. The highest BCUT2D eigenvalue weighted by molar-refractivity contribution is 5.32. The number of nitrogens with one attached hydrogen (secondary N) is 1. The lowest BCUT2D eigenvalue weighted by Gasteiger charge is -2.26. The van der Waals surface area contributed by atoms with Gasteiger partial charge in [0.25, 0.3) is 0 Å². The largest absolute Gasteiger partial charge is 0.312 e. The Balaban J connectivity index is 1.71. The summed E-state index contributed by atoms with van der Waals surface area (Å²) in [5, 5.41) is 3.51. The average molecular weight is 238 g/mol. The summed E-state index contributed by atoms with van der Waals surface area (Å²) in [6, 6.07) is 14.9. The van der Waals surface area contributed by atoms with E-state index in [1.54, 1.807) is 0 Å².